The Hall–Kier alpha value is -1.25. The van der Waals surface area contributed by atoms with Crippen LogP contribution in [-0.4, -0.2) is 67.6 Å². The smallest absolute Gasteiger partial charge is 0.216 e. The summed E-state index contributed by atoms with van der Waals surface area (Å²) in [7, 11) is -3.25. The summed E-state index contributed by atoms with van der Waals surface area (Å²) in [6, 6.07) is 1.97. The molecule has 2 heterocycles. The lowest BCUT2D eigenvalue weighted by Crippen LogP contribution is -2.50. The standard InChI is InChI=1S/C14H24N4O3S/c1-12(2)21-8-9-22(19,20)18-6-4-17(5-7-18)14-10-13(3)11-15-16-14/h10-12H,4-9H2,1-3H3. The van der Waals surface area contributed by atoms with Crippen LogP contribution in [0, 0.1) is 6.92 Å². The third kappa shape index (κ3) is 4.62. The molecule has 0 aliphatic carbocycles. The van der Waals surface area contributed by atoms with Gasteiger partial charge in [0.2, 0.25) is 10.0 Å². The molecule has 1 aromatic rings. The van der Waals surface area contributed by atoms with E-state index in [9.17, 15) is 8.42 Å². The Morgan fingerprint density at radius 3 is 2.55 bits per heavy atom. The van der Waals surface area contributed by atoms with Crippen molar-refractivity contribution in [3.05, 3.63) is 17.8 Å². The largest absolute Gasteiger partial charge is 0.378 e. The zero-order valence-corrected chi connectivity index (χ0v) is 14.2. The second-order valence-corrected chi connectivity index (χ2v) is 7.80. The average molecular weight is 328 g/mol. The SMILES string of the molecule is Cc1cnnc(N2CCN(S(=O)(=O)CCOC(C)C)CC2)c1. The van der Waals surface area contributed by atoms with Gasteiger partial charge in [-0.25, -0.2) is 8.42 Å². The van der Waals surface area contributed by atoms with E-state index in [1.807, 2.05) is 26.8 Å². The minimum atomic E-state index is -3.25. The molecule has 0 spiro atoms. The summed E-state index contributed by atoms with van der Waals surface area (Å²) in [5.41, 5.74) is 1.05. The highest BCUT2D eigenvalue weighted by Gasteiger charge is 2.27. The van der Waals surface area contributed by atoms with Crippen molar-refractivity contribution in [1.82, 2.24) is 14.5 Å². The number of hydrogen-bond donors (Lipinski definition) is 0. The third-order valence-corrected chi connectivity index (χ3v) is 5.36. The van der Waals surface area contributed by atoms with Gasteiger partial charge in [0.1, 0.15) is 0 Å². The van der Waals surface area contributed by atoms with Crippen LogP contribution in [0.4, 0.5) is 5.82 Å². The maximum absolute atomic E-state index is 12.3. The molecule has 0 radical (unpaired) electrons. The Kier molecular flexibility index (Phi) is 5.71. The van der Waals surface area contributed by atoms with Crippen molar-refractivity contribution >= 4 is 15.8 Å². The summed E-state index contributed by atoms with van der Waals surface area (Å²) in [5.74, 6) is 0.843. The molecule has 1 aromatic heterocycles. The number of hydrogen-bond acceptors (Lipinski definition) is 6. The van der Waals surface area contributed by atoms with E-state index < -0.39 is 10.0 Å². The fourth-order valence-electron chi connectivity index (χ4n) is 2.32. The Labute approximate surface area is 132 Å². The maximum atomic E-state index is 12.3. The van der Waals surface area contributed by atoms with Gasteiger partial charge in [-0.05, 0) is 32.4 Å². The molecule has 8 heteroatoms. The van der Waals surface area contributed by atoms with Gasteiger partial charge >= 0.3 is 0 Å². The second kappa shape index (κ2) is 7.34. The van der Waals surface area contributed by atoms with Gasteiger partial charge in [0.05, 0.1) is 24.7 Å². The van der Waals surface area contributed by atoms with Crippen molar-refractivity contribution in [1.29, 1.82) is 0 Å². The minimum absolute atomic E-state index is 0.0371. The van der Waals surface area contributed by atoms with E-state index in [1.165, 1.54) is 4.31 Å². The highest BCUT2D eigenvalue weighted by atomic mass is 32.2. The quantitative estimate of drug-likeness (QED) is 0.764. The van der Waals surface area contributed by atoms with Crippen molar-refractivity contribution in [2.24, 2.45) is 0 Å². The molecule has 0 atom stereocenters. The van der Waals surface area contributed by atoms with Crippen LogP contribution in [0.1, 0.15) is 19.4 Å². The number of aromatic nitrogens is 2. The molecule has 1 aliphatic rings. The fraction of sp³-hybridized carbons (Fsp3) is 0.714. The van der Waals surface area contributed by atoms with Crippen LogP contribution in [0.15, 0.2) is 12.3 Å². The van der Waals surface area contributed by atoms with Crippen LogP contribution in [0.3, 0.4) is 0 Å². The van der Waals surface area contributed by atoms with E-state index in [0.29, 0.717) is 26.2 Å². The van der Waals surface area contributed by atoms with Gasteiger partial charge in [-0.1, -0.05) is 0 Å². The molecule has 1 aliphatic heterocycles. The molecule has 22 heavy (non-hydrogen) atoms. The van der Waals surface area contributed by atoms with Crippen molar-refractivity contribution in [2.75, 3.05) is 43.4 Å². The van der Waals surface area contributed by atoms with Crippen LogP contribution in [-0.2, 0) is 14.8 Å². The zero-order valence-electron chi connectivity index (χ0n) is 13.4. The van der Waals surface area contributed by atoms with E-state index >= 15 is 0 Å². The van der Waals surface area contributed by atoms with Crippen molar-refractivity contribution in [2.45, 2.75) is 26.9 Å². The monoisotopic (exact) mass is 328 g/mol. The lowest BCUT2D eigenvalue weighted by Gasteiger charge is -2.34. The summed E-state index contributed by atoms with van der Waals surface area (Å²) < 4.78 is 31.4. The Bertz CT molecular complexity index is 584. The minimum Gasteiger partial charge on any atom is -0.378 e. The van der Waals surface area contributed by atoms with E-state index in [4.69, 9.17) is 4.74 Å². The van der Waals surface area contributed by atoms with E-state index in [-0.39, 0.29) is 18.5 Å². The molecular weight excluding hydrogens is 304 g/mol. The molecule has 7 nitrogen and oxygen atoms in total. The molecule has 0 aromatic carbocycles. The first-order chi connectivity index (χ1) is 10.4. The van der Waals surface area contributed by atoms with Gasteiger partial charge < -0.3 is 9.64 Å². The molecule has 0 bridgehead atoms. The number of aryl methyl sites for hydroxylation is 1. The van der Waals surface area contributed by atoms with E-state index in [2.05, 4.69) is 15.1 Å². The van der Waals surface area contributed by atoms with Crippen LogP contribution in [0.2, 0.25) is 0 Å². The van der Waals surface area contributed by atoms with Crippen LogP contribution < -0.4 is 4.90 Å². The van der Waals surface area contributed by atoms with Crippen LogP contribution in [0.25, 0.3) is 0 Å². The Morgan fingerprint density at radius 2 is 1.95 bits per heavy atom. The van der Waals surface area contributed by atoms with Crippen molar-refractivity contribution in [3.8, 4) is 0 Å². The van der Waals surface area contributed by atoms with Crippen LogP contribution >= 0.6 is 0 Å². The highest BCUT2D eigenvalue weighted by molar-refractivity contribution is 7.89. The van der Waals surface area contributed by atoms with Gasteiger partial charge in [-0.15, -0.1) is 5.10 Å². The number of nitrogens with zero attached hydrogens (tertiary/aromatic N) is 4. The molecule has 0 amide bonds. The van der Waals surface area contributed by atoms with Gasteiger partial charge in [-0.3, -0.25) is 0 Å². The molecule has 124 valence electrons. The van der Waals surface area contributed by atoms with Crippen LogP contribution in [0.5, 0.6) is 0 Å². The molecule has 1 saturated heterocycles. The van der Waals surface area contributed by atoms with Crippen molar-refractivity contribution < 1.29 is 13.2 Å². The lowest BCUT2D eigenvalue weighted by molar-refractivity contribution is 0.0906. The Balaban J connectivity index is 1.88. The molecule has 0 unspecified atom stereocenters. The zero-order chi connectivity index (χ0) is 16.2. The number of ether oxygens (including phenoxy) is 1. The summed E-state index contributed by atoms with van der Waals surface area (Å²) in [6.07, 6.45) is 1.76. The maximum Gasteiger partial charge on any atom is 0.216 e. The predicted octanol–water partition coefficient (Wildman–Crippen LogP) is 0.662. The molecule has 1 fully saturated rings. The average Bonchev–Trinajstić information content (AvgIpc) is 2.47. The predicted molar refractivity (Wildman–Crippen MR) is 85.4 cm³/mol. The normalized spacial score (nSPS) is 17.2. The fourth-order valence-corrected chi connectivity index (χ4v) is 3.60. The summed E-state index contributed by atoms with van der Waals surface area (Å²) >= 11 is 0. The second-order valence-electron chi connectivity index (χ2n) is 5.71. The lowest BCUT2D eigenvalue weighted by atomic mass is 10.3. The molecule has 2 rings (SSSR count). The van der Waals surface area contributed by atoms with Gasteiger partial charge in [-0.2, -0.15) is 9.40 Å². The van der Waals surface area contributed by atoms with E-state index in [1.54, 1.807) is 6.20 Å². The number of rotatable bonds is 6. The first-order valence-corrected chi connectivity index (χ1v) is 9.13. The number of anilines is 1. The van der Waals surface area contributed by atoms with Gasteiger partial charge in [0.15, 0.2) is 5.82 Å². The topological polar surface area (TPSA) is 75.6 Å². The molecule has 0 saturated carbocycles. The number of piperazine rings is 1. The molecule has 0 N–H and O–H groups in total. The molecular formula is C14H24N4O3S. The van der Waals surface area contributed by atoms with Crippen molar-refractivity contribution in [3.63, 3.8) is 0 Å². The first-order valence-electron chi connectivity index (χ1n) is 7.52. The van der Waals surface area contributed by atoms with Gasteiger partial charge in [0.25, 0.3) is 0 Å². The first kappa shape index (κ1) is 17.1. The highest BCUT2D eigenvalue weighted by Crippen LogP contribution is 2.15. The van der Waals surface area contributed by atoms with E-state index in [0.717, 1.165) is 11.4 Å². The number of sulfonamides is 1. The third-order valence-electron chi connectivity index (χ3n) is 3.53. The summed E-state index contributed by atoms with van der Waals surface area (Å²) in [4.78, 5) is 2.07. The van der Waals surface area contributed by atoms with Gasteiger partial charge in [0, 0.05) is 26.2 Å². The Morgan fingerprint density at radius 1 is 1.27 bits per heavy atom. The summed E-state index contributed by atoms with van der Waals surface area (Å²) in [5, 5.41) is 8.05. The summed E-state index contributed by atoms with van der Waals surface area (Å²) in [6.45, 7) is 8.20.